The summed E-state index contributed by atoms with van der Waals surface area (Å²) in [5, 5.41) is 6.75. The number of carbonyl (C=O) groups excluding carboxylic acids is 1. The Morgan fingerprint density at radius 1 is 1.26 bits per heavy atom. The van der Waals surface area contributed by atoms with Crippen LogP contribution in [-0.4, -0.2) is 36.6 Å². The number of nitrogens with zero attached hydrogens (tertiary/aromatic N) is 1. The Morgan fingerprint density at radius 2 is 1.89 bits per heavy atom. The van der Waals surface area contributed by atoms with E-state index in [0.29, 0.717) is 11.5 Å². The zero-order valence-corrected chi connectivity index (χ0v) is 12.5. The molecule has 0 aliphatic carbocycles. The summed E-state index contributed by atoms with van der Waals surface area (Å²) in [4.78, 5) is 13.1. The molecule has 5 heteroatoms. The van der Waals surface area contributed by atoms with Crippen molar-refractivity contribution in [2.75, 3.05) is 26.0 Å². The highest BCUT2D eigenvalue weighted by molar-refractivity contribution is 7.80. The average molecular weight is 279 g/mol. The van der Waals surface area contributed by atoms with Crippen LogP contribution in [0.15, 0.2) is 24.3 Å². The number of thiocarbonyl (C=S) groups is 1. The Balaban J connectivity index is 2.47. The maximum Gasteiger partial charge on any atom is 0.222 e. The van der Waals surface area contributed by atoms with E-state index in [1.165, 1.54) is 0 Å². The van der Waals surface area contributed by atoms with E-state index in [9.17, 15) is 4.79 Å². The Labute approximate surface area is 120 Å². The first-order valence-corrected chi connectivity index (χ1v) is 6.77. The summed E-state index contributed by atoms with van der Waals surface area (Å²) in [6.45, 7) is 2.80. The third-order valence-electron chi connectivity index (χ3n) is 2.68. The molecule has 0 radical (unpaired) electrons. The highest BCUT2D eigenvalue weighted by atomic mass is 32.1. The lowest BCUT2D eigenvalue weighted by Crippen LogP contribution is -2.27. The van der Waals surface area contributed by atoms with Crippen LogP contribution in [0.5, 0.6) is 0 Å². The zero-order chi connectivity index (χ0) is 14.3. The van der Waals surface area contributed by atoms with Crippen LogP contribution in [-0.2, 0) is 11.2 Å². The Hall–Kier alpha value is -1.62. The number of amides is 1. The van der Waals surface area contributed by atoms with Gasteiger partial charge in [0, 0.05) is 32.7 Å². The van der Waals surface area contributed by atoms with Crippen molar-refractivity contribution in [2.45, 2.75) is 19.8 Å². The lowest BCUT2D eigenvalue weighted by Gasteiger charge is -2.11. The monoisotopic (exact) mass is 279 g/mol. The summed E-state index contributed by atoms with van der Waals surface area (Å²) >= 11 is 5.11. The van der Waals surface area contributed by atoms with Crippen molar-refractivity contribution in [3.05, 3.63) is 29.8 Å². The fourth-order valence-electron chi connectivity index (χ4n) is 1.57. The highest BCUT2D eigenvalue weighted by Gasteiger charge is 2.04. The minimum Gasteiger partial charge on any atom is -0.363 e. The van der Waals surface area contributed by atoms with E-state index in [1.807, 2.05) is 31.2 Å². The molecule has 4 nitrogen and oxygen atoms in total. The van der Waals surface area contributed by atoms with Crippen LogP contribution in [0.25, 0.3) is 0 Å². The van der Waals surface area contributed by atoms with Gasteiger partial charge in [-0.15, -0.1) is 0 Å². The number of benzene rings is 1. The Kier molecular flexibility index (Phi) is 6.29. The van der Waals surface area contributed by atoms with E-state index < -0.39 is 0 Å². The molecule has 0 saturated carbocycles. The molecule has 1 rings (SSSR count). The SMILES string of the molecule is CCNC(=S)Nc1ccc(CCC(=O)N(C)C)cc1. The summed E-state index contributed by atoms with van der Waals surface area (Å²) in [7, 11) is 3.55. The summed E-state index contributed by atoms with van der Waals surface area (Å²) < 4.78 is 0. The van der Waals surface area contributed by atoms with E-state index in [1.54, 1.807) is 19.0 Å². The van der Waals surface area contributed by atoms with Crippen LogP contribution >= 0.6 is 12.2 Å². The van der Waals surface area contributed by atoms with Gasteiger partial charge in [0.05, 0.1) is 0 Å². The van der Waals surface area contributed by atoms with Gasteiger partial charge in [-0.3, -0.25) is 4.79 Å². The van der Waals surface area contributed by atoms with Crippen LogP contribution in [0.2, 0.25) is 0 Å². The second kappa shape index (κ2) is 7.74. The van der Waals surface area contributed by atoms with Gasteiger partial charge < -0.3 is 15.5 Å². The molecule has 0 aliphatic rings. The van der Waals surface area contributed by atoms with Gasteiger partial charge in [-0.25, -0.2) is 0 Å². The summed E-state index contributed by atoms with van der Waals surface area (Å²) in [6, 6.07) is 7.97. The van der Waals surface area contributed by atoms with Crippen molar-refractivity contribution < 1.29 is 4.79 Å². The number of carbonyl (C=O) groups is 1. The van der Waals surface area contributed by atoms with Crippen molar-refractivity contribution in [1.82, 2.24) is 10.2 Å². The normalized spacial score (nSPS) is 9.84. The molecular weight excluding hydrogens is 258 g/mol. The van der Waals surface area contributed by atoms with Crippen molar-refractivity contribution in [1.29, 1.82) is 0 Å². The lowest BCUT2D eigenvalue weighted by atomic mass is 10.1. The maximum atomic E-state index is 11.5. The van der Waals surface area contributed by atoms with E-state index in [0.717, 1.165) is 24.2 Å². The van der Waals surface area contributed by atoms with Crippen molar-refractivity contribution in [3.63, 3.8) is 0 Å². The maximum absolute atomic E-state index is 11.5. The third kappa shape index (κ3) is 5.70. The predicted molar refractivity (Wildman–Crippen MR) is 83.4 cm³/mol. The molecule has 19 heavy (non-hydrogen) atoms. The van der Waals surface area contributed by atoms with Crippen LogP contribution in [0.1, 0.15) is 18.9 Å². The molecule has 0 aromatic heterocycles. The van der Waals surface area contributed by atoms with Gasteiger partial charge in [0.25, 0.3) is 0 Å². The first-order chi connectivity index (χ1) is 9.02. The van der Waals surface area contributed by atoms with Gasteiger partial charge in [-0.1, -0.05) is 12.1 Å². The summed E-state index contributed by atoms with van der Waals surface area (Å²) in [5.41, 5.74) is 2.10. The quantitative estimate of drug-likeness (QED) is 0.809. The highest BCUT2D eigenvalue weighted by Crippen LogP contribution is 2.11. The minimum atomic E-state index is 0.149. The fraction of sp³-hybridized carbons (Fsp3) is 0.429. The molecule has 0 unspecified atom stereocenters. The number of hydrogen-bond acceptors (Lipinski definition) is 2. The molecule has 1 amide bonds. The van der Waals surface area contributed by atoms with Gasteiger partial charge in [-0.2, -0.15) is 0 Å². The first-order valence-electron chi connectivity index (χ1n) is 6.37. The summed E-state index contributed by atoms with van der Waals surface area (Å²) in [5.74, 6) is 0.149. The number of anilines is 1. The molecule has 1 aromatic rings. The molecule has 0 fully saturated rings. The van der Waals surface area contributed by atoms with Crippen molar-refractivity contribution >= 4 is 28.9 Å². The van der Waals surface area contributed by atoms with Crippen molar-refractivity contribution in [2.24, 2.45) is 0 Å². The number of aryl methyl sites for hydroxylation is 1. The van der Waals surface area contributed by atoms with Gasteiger partial charge >= 0.3 is 0 Å². The number of nitrogens with one attached hydrogen (secondary N) is 2. The number of hydrogen-bond donors (Lipinski definition) is 2. The Morgan fingerprint density at radius 3 is 2.42 bits per heavy atom. The van der Waals surface area contributed by atoms with Crippen LogP contribution in [0.3, 0.4) is 0 Å². The molecule has 0 saturated heterocycles. The van der Waals surface area contributed by atoms with Crippen LogP contribution in [0, 0.1) is 0 Å². The summed E-state index contributed by atoms with van der Waals surface area (Å²) in [6.07, 6.45) is 1.30. The molecule has 0 spiro atoms. The molecule has 104 valence electrons. The molecule has 0 aliphatic heterocycles. The largest absolute Gasteiger partial charge is 0.363 e. The average Bonchev–Trinajstić information content (AvgIpc) is 2.37. The first kappa shape index (κ1) is 15.4. The molecule has 2 N–H and O–H groups in total. The minimum absolute atomic E-state index is 0.149. The van der Waals surface area contributed by atoms with Gasteiger partial charge in [-0.05, 0) is 43.3 Å². The van der Waals surface area contributed by atoms with E-state index in [-0.39, 0.29) is 5.91 Å². The molecule has 0 heterocycles. The van der Waals surface area contributed by atoms with Crippen LogP contribution < -0.4 is 10.6 Å². The second-order valence-corrected chi connectivity index (χ2v) is 4.88. The third-order valence-corrected chi connectivity index (χ3v) is 2.92. The van der Waals surface area contributed by atoms with E-state index in [4.69, 9.17) is 12.2 Å². The molecule has 0 atom stereocenters. The van der Waals surface area contributed by atoms with E-state index in [2.05, 4.69) is 10.6 Å². The standard InChI is InChI=1S/C14H21N3OS/c1-4-15-14(19)16-12-8-5-11(6-9-12)7-10-13(18)17(2)3/h5-6,8-9H,4,7,10H2,1-3H3,(H2,15,16,19). The fourth-order valence-corrected chi connectivity index (χ4v) is 1.83. The molecule has 0 bridgehead atoms. The van der Waals surface area contributed by atoms with Gasteiger partial charge in [0.15, 0.2) is 5.11 Å². The van der Waals surface area contributed by atoms with Gasteiger partial charge in [0.1, 0.15) is 0 Å². The molecule has 1 aromatic carbocycles. The number of rotatable bonds is 5. The van der Waals surface area contributed by atoms with Crippen LogP contribution in [0.4, 0.5) is 5.69 Å². The zero-order valence-electron chi connectivity index (χ0n) is 11.7. The van der Waals surface area contributed by atoms with E-state index >= 15 is 0 Å². The predicted octanol–water partition coefficient (Wildman–Crippen LogP) is 2.01. The molecular formula is C14H21N3OS. The van der Waals surface area contributed by atoms with Gasteiger partial charge in [0.2, 0.25) is 5.91 Å². The lowest BCUT2D eigenvalue weighted by molar-refractivity contribution is -0.128. The Bertz CT molecular complexity index is 429. The van der Waals surface area contributed by atoms with Crippen molar-refractivity contribution in [3.8, 4) is 0 Å². The smallest absolute Gasteiger partial charge is 0.222 e. The topological polar surface area (TPSA) is 44.4 Å². The second-order valence-electron chi connectivity index (χ2n) is 4.47.